The number of methoxy groups -OCH3 is 1. The fourth-order valence-electron chi connectivity index (χ4n) is 2.24. The Morgan fingerprint density at radius 2 is 2.17 bits per heavy atom. The highest BCUT2D eigenvalue weighted by atomic mass is 35.5. The van der Waals surface area contributed by atoms with Crippen LogP contribution in [0, 0.1) is 6.92 Å². The number of halogens is 1. The Labute approximate surface area is 137 Å². The number of benzene rings is 1. The van der Waals surface area contributed by atoms with Crippen molar-refractivity contribution in [2.45, 2.75) is 6.92 Å². The first kappa shape index (κ1) is 15.2. The van der Waals surface area contributed by atoms with Gasteiger partial charge in [-0.15, -0.1) is 0 Å². The Kier molecular flexibility index (Phi) is 4.08. The van der Waals surface area contributed by atoms with E-state index in [-0.39, 0.29) is 16.7 Å². The number of pyridine rings is 1. The number of anilines is 1. The predicted octanol–water partition coefficient (Wildman–Crippen LogP) is 3.25. The standard InChI is InChI=1S/C16H13ClN4O2/c1-9-11(16(22)21-15-12(17)7-18-8-19-15)6-10-4-3-5-13(23-2)14(10)20-9/h3-8H,1-2H3,(H,18,19,21,22). The van der Waals surface area contributed by atoms with E-state index in [1.807, 2.05) is 18.2 Å². The highest BCUT2D eigenvalue weighted by molar-refractivity contribution is 6.33. The number of aryl methyl sites for hydroxylation is 1. The number of hydrogen-bond donors (Lipinski definition) is 1. The summed E-state index contributed by atoms with van der Waals surface area (Å²) in [5.74, 6) is 0.591. The third-order valence-electron chi connectivity index (χ3n) is 3.36. The maximum Gasteiger partial charge on any atom is 0.258 e. The van der Waals surface area contributed by atoms with Gasteiger partial charge in [-0.1, -0.05) is 23.7 Å². The van der Waals surface area contributed by atoms with Crippen LogP contribution in [0.15, 0.2) is 36.8 Å². The zero-order valence-corrected chi connectivity index (χ0v) is 13.3. The number of fused-ring (bicyclic) bond motifs is 1. The molecule has 0 atom stereocenters. The van der Waals surface area contributed by atoms with Crippen LogP contribution in [0.3, 0.4) is 0 Å². The van der Waals surface area contributed by atoms with Gasteiger partial charge in [0.15, 0.2) is 5.82 Å². The average molecular weight is 329 g/mol. The van der Waals surface area contributed by atoms with Gasteiger partial charge in [-0.05, 0) is 19.1 Å². The average Bonchev–Trinajstić information content (AvgIpc) is 2.55. The minimum Gasteiger partial charge on any atom is -0.494 e. The van der Waals surface area contributed by atoms with Gasteiger partial charge >= 0.3 is 0 Å². The molecule has 3 aromatic rings. The van der Waals surface area contributed by atoms with Gasteiger partial charge < -0.3 is 10.1 Å². The third kappa shape index (κ3) is 2.93. The number of amides is 1. The molecular formula is C16H13ClN4O2. The van der Waals surface area contributed by atoms with E-state index in [4.69, 9.17) is 16.3 Å². The first-order chi connectivity index (χ1) is 11.1. The quantitative estimate of drug-likeness (QED) is 0.798. The molecule has 0 radical (unpaired) electrons. The molecule has 2 heterocycles. The molecule has 0 fully saturated rings. The lowest BCUT2D eigenvalue weighted by molar-refractivity contribution is 0.102. The van der Waals surface area contributed by atoms with Crippen molar-refractivity contribution in [3.05, 3.63) is 53.1 Å². The molecule has 0 unspecified atom stereocenters. The normalized spacial score (nSPS) is 10.6. The number of rotatable bonds is 3. The third-order valence-corrected chi connectivity index (χ3v) is 3.64. The molecule has 1 aromatic carbocycles. The summed E-state index contributed by atoms with van der Waals surface area (Å²) >= 11 is 5.96. The lowest BCUT2D eigenvalue weighted by atomic mass is 10.1. The molecule has 0 saturated heterocycles. The van der Waals surface area contributed by atoms with E-state index in [0.717, 1.165) is 5.39 Å². The van der Waals surface area contributed by atoms with Gasteiger partial charge in [0.25, 0.3) is 5.91 Å². The molecule has 1 N–H and O–H groups in total. The van der Waals surface area contributed by atoms with E-state index in [1.165, 1.54) is 12.5 Å². The molecule has 2 aromatic heterocycles. The molecular weight excluding hydrogens is 316 g/mol. The van der Waals surface area contributed by atoms with Gasteiger partial charge in [-0.2, -0.15) is 0 Å². The summed E-state index contributed by atoms with van der Waals surface area (Å²) in [6, 6.07) is 7.32. The molecule has 0 aliphatic heterocycles. The predicted molar refractivity (Wildman–Crippen MR) is 88.0 cm³/mol. The van der Waals surface area contributed by atoms with Gasteiger partial charge in [0, 0.05) is 5.39 Å². The first-order valence-electron chi connectivity index (χ1n) is 6.81. The zero-order chi connectivity index (χ0) is 16.4. The number of hydrogen-bond acceptors (Lipinski definition) is 5. The largest absolute Gasteiger partial charge is 0.494 e. The van der Waals surface area contributed by atoms with Crippen molar-refractivity contribution in [3.8, 4) is 5.75 Å². The van der Waals surface area contributed by atoms with E-state index in [0.29, 0.717) is 22.5 Å². The van der Waals surface area contributed by atoms with Crippen LogP contribution in [0.2, 0.25) is 5.02 Å². The second-order valence-corrected chi connectivity index (χ2v) is 5.23. The topological polar surface area (TPSA) is 77.0 Å². The summed E-state index contributed by atoms with van der Waals surface area (Å²) in [6.07, 6.45) is 2.73. The first-order valence-corrected chi connectivity index (χ1v) is 7.19. The molecule has 23 heavy (non-hydrogen) atoms. The van der Waals surface area contributed by atoms with Crippen LogP contribution >= 0.6 is 11.6 Å². The number of aromatic nitrogens is 3. The van der Waals surface area contributed by atoms with Crippen molar-refractivity contribution in [3.63, 3.8) is 0 Å². The molecule has 0 aliphatic carbocycles. The monoisotopic (exact) mass is 328 g/mol. The molecule has 7 heteroatoms. The number of carbonyl (C=O) groups excluding carboxylic acids is 1. The highest BCUT2D eigenvalue weighted by Gasteiger charge is 2.15. The molecule has 0 aliphatic rings. The molecule has 6 nitrogen and oxygen atoms in total. The van der Waals surface area contributed by atoms with E-state index >= 15 is 0 Å². The molecule has 116 valence electrons. The van der Waals surface area contributed by atoms with Gasteiger partial charge in [0.05, 0.1) is 24.6 Å². The van der Waals surface area contributed by atoms with Crippen LogP contribution in [0.5, 0.6) is 5.75 Å². The summed E-state index contributed by atoms with van der Waals surface area (Å²) in [5, 5.41) is 3.75. The maximum absolute atomic E-state index is 12.5. The van der Waals surface area contributed by atoms with Crippen molar-refractivity contribution >= 4 is 34.2 Å². The molecule has 3 rings (SSSR count). The van der Waals surface area contributed by atoms with E-state index in [2.05, 4.69) is 20.3 Å². The Morgan fingerprint density at radius 3 is 2.91 bits per heavy atom. The minimum atomic E-state index is -0.333. The van der Waals surface area contributed by atoms with Crippen molar-refractivity contribution in [2.75, 3.05) is 12.4 Å². The zero-order valence-electron chi connectivity index (χ0n) is 12.5. The number of para-hydroxylation sites is 1. The van der Waals surface area contributed by atoms with Crippen molar-refractivity contribution in [1.82, 2.24) is 15.0 Å². The lowest BCUT2D eigenvalue weighted by Gasteiger charge is -2.10. The van der Waals surface area contributed by atoms with E-state index < -0.39 is 0 Å². The summed E-state index contributed by atoms with van der Waals surface area (Å²) < 4.78 is 5.30. The minimum absolute atomic E-state index is 0.261. The van der Waals surface area contributed by atoms with Gasteiger partial charge in [0.2, 0.25) is 0 Å². The van der Waals surface area contributed by atoms with E-state index in [1.54, 1.807) is 20.1 Å². The van der Waals surface area contributed by atoms with E-state index in [9.17, 15) is 4.79 Å². The van der Waals surface area contributed by atoms with Crippen LogP contribution in [0.25, 0.3) is 10.9 Å². The lowest BCUT2D eigenvalue weighted by Crippen LogP contribution is -2.15. The Morgan fingerprint density at radius 1 is 1.35 bits per heavy atom. The molecule has 0 bridgehead atoms. The van der Waals surface area contributed by atoms with Gasteiger partial charge in [-0.3, -0.25) is 4.79 Å². The Balaban J connectivity index is 2.01. The maximum atomic E-state index is 12.5. The van der Waals surface area contributed by atoms with Gasteiger partial charge in [0.1, 0.15) is 22.6 Å². The fourth-order valence-corrected chi connectivity index (χ4v) is 2.39. The fraction of sp³-hybridized carbons (Fsp3) is 0.125. The molecule has 0 saturated carbocycles. The van der Waals surface area contributed by atoms with Crippen LogP contribution in [0.4, 0.5) is 5.82 Å². The number of ether oxygens (including phenoxy) is 1. The second kappa shape index (κ2) is 6.18. The Bertz CT molecular complexity index is 898. The number of carbonyl (C=O) groups is 1. The van der Waals surface area contributed by atoms with Crippen LogP contribution in [-0.2, 0) is 0 Å². The highest BCUT2D eigenvalue weighted by Crippen LogP contribution is 2.26. The van der Waals surface area contributed by atoms with Crippen LogP contribution in [0.1, 0.15) is 16.1 Å². The van der Waals surface area contributed by atoms with Crippen molar-refractivity contribution < 1.29 is 9.53 Å². The smallest absolute Gasteiger partial charge is 0.258 e. The second-order valence-electron chi connectivity index (χ2n) is 4.83. The van der Waals surface area contributed by atoms with Crippen LogP contribution < -0.4 is 10.1 Å². The molecule has 1 amide bonds. The van der Waals surface area contributed by atoms with Crippen LogP contribution in [-0.4, -0.2) is 28.0 Å². The molecule has 0 spiro atoms. The summed E-state index contributed by atoms with van der Waals surface area (Å²) in [6.45, 7) is 1.77. The van der Waals surface area contributed by atoms with Gasteiger partial charge in [-0.25, -0.2) is 15.0 Å². The number of nitrogens with zero attached hydrogens (tertiary/aromatic N) is 3. The summed E-state index contributed by atoms with van der Waals surface area (Å²) in [5.41, 5.74) is 1.74. The van der Waals surface area contributed by atoms with Crippen molar-refractivity contribution in [1.29, 1.82) is 0 Å². The van der Waals surface area contributed by atoms with Crippen molar-refractivity contribution in [2.24, 2.45) is 0 Å². The number of nitrogens with one attached hydrogen (secondary N) is 1. The SMILES string of the molecule is COc1cccc2cc(C(=O)Nc3ncncc3Cl)c(C)nc12. The Hall–Kier alpha value is -2.73. The summed E-state index contributed by atoms with van der Waals surface area (Å²) in [7, 11) is 1.59. The summed E-state index contributed by atoms with van der Waals surface area (Å²) in [4.78, 5) is 24.7.